The van der Waals surface area contributed by atoms with Crippen molar-refractivity contribution in [1.29, 1.82) is 0 Å². The smallest absolute Gasteiger partial charge is 0.227 e. The lowest BCUT2D eigenvalue weighted by Crippen LogP contribution is -2.56. The maximum absolute atomic E-state index is 5.49. The molecular weight excluding hydrogens is 278 g/mol. The summed E-state index contributed by atoms with van der Waals surface area (Å²) in [4.78, 5) is 5.05. The largest absolute Gasteiger partial charge is 0.381 e. The summed E-state index contributed by atoms with van der Waals surface area (Å²) in [5.74, 6) is 2.49. The highest BCUT2D eigenvalue weighted by Crippen LogP contribution is 2.24. The first-order valence-electron chi connectivity index (χ1n) is 8.55. The second kappa shape index (κ2) is 6.54. The zero-order valence-corrected chi connectivity index (χ0v) is 14.3. The molecule has 1 atom stereocenters. The van der Waals surface area contributed by atoms with Crippen molar-refractivity contribution in [3.63, 3.8) is 0 Å². The van der Waals surface area contributed by atoms with Gasteiger partial charge in [-0.1, -0.05) is 13.8 Å². The number of hydrogen-bond acceptors (Lipinski definition) is 5. The van der Waals surface area contributed by atoms with E-state index in [9.17, 15) is 0 Å². The minimum Gasteiger partial charge on any atom is -0.381 e. The molecule has 3 heterocycles. The van der Waals surface area contributed by atoms with Gasteiger partial charge in [0.2, 0.25) is 5.95 Å². The molecule has 6 nitrogen and oxygen atoms in total. The molecule has 124 valence electrons. The van der Waals surface area contributed by atoms with Crippen LogP contribution < -0.4 is 4.90 Å². The van der Waals surface area contributed by atoms with Gasteiger partial charge in [0.15, 0.2) is 0 Å². The standard InChI is InChI=1S/C16H29N5O/c1-12(2)15-17-18-16(19(15)4)21-8-7-20(11-13(21)3)14-5-9-22-10-6-14/h12-14H,5-11H2,1-4H3/t13-/m0/s1. The molecule has 0 aliphatic carbocycles. The van der Waals surface area contributed by atoms with Crippen molar-refractivity contribution < 1.29 is 4.74 Å². The van der Waals surface area contributed by atoms with E-state index in [4.69, 9.17) is 4.74 Å². The van der Waals surface area contributed by atoms with Crippen LogP contribution in [-0.2, 0) is 11.8 Å². The Balaban J connectivity index is 1.67. The highest BCUT2D eigenvalue weighted by atomic mass is 16.5. The second-order valence-electron chi connectivity index (χ2n) is 6.95. The van der Waals surface area contributed by atoms with Crippen LogP contribution in [0.5, 0.6) is 0 Å². The molecule has 2 aliphatic heterocycles. The van der Waals surface area contributed by atoms with Crippen molar-refractivity contribution in [1.82, 2.24) is 19.7 Å². The molecule has 0 saturated carbocycles. The average molecular weight is 307 g/mol. The van der Waals surface area contributed by atoms with Gasteiger partial charge >= 0.3 is 0 Å². The number of aromatic nitrogens is 3. The van der Waals surface area contributed by atoms with Crippen LogP contribution >= 0.6 is 0 Å². The first-order chi connectivity index (χ1) is 10.6. The van der Waals surface area contributed by atoms with Crippen LogP contribution in [0.15, 0.2) is 0 Å². The van der Waals surface area contributed by atoms with Crippen LogP contribution in [0, 0.1) is 0 Å². The Kier molecular flexibility index (Phi) is 4.68. The molecule has 2 fully saturated rings. The third-order valence-electron chi connectivity index (χ3n) is 5.02. The first kappa shape index (κ1) is 15.7. The van der Waals surface area contributed by atoms with Gasteiger partial charge in [-0.05, 0) is 19.8 Å². The molecule has 2 saturated heterocycles. The van der Waals surface area contributed by atoms with Crippen LogP contribution in [0.25, 0.3) is 0 Å². The van der Waals surface area contributed by atoms with E-state index in [1.807, 2.05) is 0 Å². The third kappa shape index (κ3) is 2.99. The van der Waals surface area contributed by atoms with Crippen molar-refractivity contribution in [2.75, 3.05) is 37.7 Å². The number of anilines is 1. The Hall–Kier alpha value is -1.14. The Morgan fingerprint density at radius 1 is 1.14 bits per heavy atom. The molecule has 2 aliphatic rings. The summed E-state index contributed by atoms with van der Waals surface area (Å²) in [5, 5.41) is 8.82. The maximum atomic E-state index is 5.49. The van der Waals surface area contributed by atoms with Crippen LogP contribution in [-0.4, -0.2) is 64.6 Å². The van der Waals surface area contributed by atoms with Crippen molar-refractivity contribution in [3.05, 3.63) is 5.82 Å². The van der Waals surface area contributed by atoms with Crippen molar-refractivity contribution >= 4 is 5.95 Å². The Morgan fingerprint density at radius 2 is 1.86 bits per heavy atom. The minimum absolute atomic E-state index is 0.407. The molecule has 0 bridgehead atoms. The van der Waals surface area contributed by atoms with E-state index < -0.39 is 0 Å². The fourth-order valence-corrected chi connectivity index (χ4v) is 3.75. The summed E-state index contributed by atoms with van der Waals surface area (Å²) in [5.41, 5.74) is 0. The van der Waals surface area contributed by atoms with Crippen LogP contribution in [0.3, 0.4) is 0 Å². The normalized spacial score (nSPS) is 25.1. The van der Waals surface area contributed by atoms with Crippen LogP contribution in [0.4, 0.5) is 5.95 Å². The van der Waals surface area contributed by atoms with Crippen LogP contribution in [0.2, 0.25) is 0 Å². The lowest BCUT2D eigenvalue weighted by atomic mass is 10.0. The predicted molar refractivity (Wildman–Crippen MR) is 87.3 cm³/mol. The van der Waals surface area contributed by atoms with Crippen molar-refractivity contribution in [2.45, 2.75) is 51.6 Å². The Labute approximate surface area is 133 Å². The molecule has 1 aromatic heterocycles. The molecule has 0 unspecified atom stereocenters. The van der Waals surface area contributed by atoms with E-state index in [2.05, 4.69) is 52.4 Å². The summed E-state index contributed by atoms with van der Waals surface area (Å²) >= 11 is 0. The lowest BCUT2D eigenvalue weighted by molar-refractivity contribution is 0.0278. The number of hydrogen-bond donors (Lipinski definition) is 0. The van der Waals surface area contributed by atoms with Crippen molar-refractivity contribution in [2.24, 2.45) is 7.05 Å². The van der Waals surface area contributed by atoms with Crippen LogP contribution in [0.1, 0.15) is 45.4 Å². The molecule has 0 amide bonds. The summed E-state index contributed by atoms with van der Waals surface area (Å²) in [6.07, 6.45) is 2.35. The molecule has 0 radical (unpaired) electrons. The molecule has 6 heteroatoms. The number of ether oxygens (including phenoxy) is 1. The zero-order valence-electron chi connectivity index (χ0n) is 14.3. The summed E-state index contributed by atoms with van der Waals surface area (Å²) in [6, 6.07) is 1.17. The van der Waals surface area contributed by atoms with Gasteiger partial charge in [0, 0.05) is 57.9 Å². The van der Waals surface area contributed by atoms with Crippen molar-refractivity contribution in [3.8, 4) is 0 Å². The van der Waals surface area contributed by atoms with E-state index in [-0.39, 0.29) is 0 Å². The van der Waals surface area contributed by atoms with E-state index in [1.54, 1.807) is 0 Å². The molecule has 3 rings (SSSR count). The molecule has 0 N–H and O–H groups in total. The van der Waals surface area contributed by atoms with Gasteiger partial charge in [-0.25, -0.2) is 0 Å². The predicted octanol–water partition coefficient (Wildman–Crippen LogP) is 1.63. The third-order valence-corrected chi connectivity index (χ3v) is 5.02. The molecule has 0 spiro atoms. The lowest BCUT2D eigenvalue weighted by Gasteiger charge is -2.44. The fourth-order valence-electron chi connectivity index (χ4n) is 3.75. The highest BCUT2D eigenvalue weighted by molar-refractivity contribution is 5.34. The summed E-state index contributed by atoms with van der Waals surface area (Å²) in [7, 11) is 2.09. The minimum atomic E-state index is 0.407. The van der Waals surface area contributed by atoms with Gasteiger partial charge in [-0.3, -0.25) is 4.90 Å². The van der Waals surface area contributed by atoms with Gasteiger partial charge in [0.05, 0.1) is 0 Å². The molecule has 0 aromatic carbocycles. The van der Waals surface area contributed by atoms with Gasteiger partial charge < -0.3 is 14.2 Å². The van der Waals surface area contributed by atoms with E-state index in [0.717, 1.165) is 44.6 Å². The highest BCUT2D eigenvalue weighted by Gasteiger charge is 2.31. The van der Waals surface area contributed by atoms with Gasteiger partial charge in [-0.2, -0.15) is 0 Å². The fraction of sp³-hybridized carbons (Fsp3) is 0.875. The first-order valence-corrected chi connectivity index (χ1v) is 8.55. The molecular formula is C16H29N5O. The average Bonchev–Trinajstić information content (AvgIpc) is 2.90. The summed E-state index contributed by atoms with van der Waals surface area (Å²) in [6.45, 7) is 11.7. The van der Waals surface area contributed by atoms with Gasteiger partial charge in [0.25, 0.3) is 0 Å². The number of nitrogens with zero attached hydrogens (tertiary/aromatic N) is 5. The molecule has 22 heavy (non-hydrogen) atoms. The zero-order chi connectivity index (χ0) is 15.7. The van der Waals surface area contributed by atoms with E-state index in [0.29, 0.717) is 18.0 Å². The quantitative estimate of drug-likeness (QED) is 0.849. The number of piperazine rings is 1. The Bertz CT molecular complexity index is 495. The maximum Gasteiger partial charge on any atom is 0.227 e. The number of rotatable bonds is 3. The SMILES string of the molecule is CC(C)c1nnc(N2CCN(C3CCOCC3)C[C@@H]2C)n1C. The van der Waals surface area contributed by atoms with Gasteiger partial charge in [-0.15, -0.1) is 10.2 Å². The molecule has 1 aromatic rings. The summed E-state index contributed by atoms with van der Waals surface area (Å²) < 4.78 is 7.65. The monoisotopic (exact) mass is 307 g/mol. The second-order valence-corrected chi connectivity index (χ2v) is 6.95. The topological polar surface area (TPSA) is 46.4 Å². The Morgan fingerprint density at radius 3 is 2.45 bits per heavy atom. The van der Waals surface area contributed by atoms with E-state index >= 15 is 0 Å². The van der Waals surface area contributed by atoms with E-state index in [1.165, 1.54) is 12.8 Å². The van der Waals surface area contributed by atoms with Gasteiger partial charge in [0.1, 0.15) is 5.82 Å².